The predicted octanol–water partition coefficient (Wildman–Crippen LogP) is 2.40. The number of hydrogen-bond donors (Lipinski definition) is 2. The second-order valence-electron chi connectivity index (χ2n) is 8.00. The number of hydrogen-bond acceptors (Lipinski definition) is 3. The molecule has 0 unspecified atom stereocenters. The van der Waals surface area contributed by atoms with Crippen molar-refractivity contribution in [2.24, 2.45) is 5.41 Å². The summed E-state index contributed by atoms with van der Waals surface area (Å²) in [4.78, 5) is 32.3. The quantitative estimate of drug-likeness (QED) is 0.869. The summed E-state index contributed by atoms with van der Waals surface area (Å²) in [6, 6.07) is 7.78. The Balaban J connectivity index is 1.49. The summed E-state index contributed by atoms with van der Waals surface area (Å²) in [5.74, 6) is 0.256. The van der Waals surface area contributed by atoms with Crippen LogP contribution in [0.2, 0.25) is 0 Å². The van der Waals surface area contributed by atoms with Gasteiger partial charge < -0.3 is 19.9 Å². The molecule has 0 aliphatic carbocycles. The number of fused-ring (bicyclic) bond motifs is 1. The number of nitrogens with one attached hydrogen (secondary N) is 1. The molecule has 6 heteroatoms. The zero-order valence-corrected chi connectivity index (χ0v) is 15.6. The minimum Gasteiger partial charge on any atom is -0.396 e. The van der Waals surface area contributed by atoms with Gasteiger partial charge in [0.05, 0.1) is 0 Å². The van der Waals surface area contributed by atoms with E-state index in [4.69, 9.17) is 5.11 Å². The average molecular weight is 369 g/mol. The van der Waals surface area contributed by atoms with Gasteiger partial charge in [-0.05, 0) is 49.9 Å². The van der Waals surface area contributed by atoms with Crippen molar-refractivity contribution < 1.29 is 14.7 Å². The molecule has 144 valence electrons. The smallest absolute Gasteiger partial charge is 0.253 e. The molecular weight excluding hydrogens is 342 g/mol. The molecule has 2 amide bonds. The first kappa shape index (κ1) is 18.0. The number of piperidine rings is 2. The predicted molar refractivity (Wildman–Crippen MR) is 103 cm³/mol. The van der Waals surface area contributed by atoms with Crippen LogP contribution in [0, 0.1) is 5.41 Å². The highest BCUT2D eigenvalue weighted by molar-refractivity contribution is 5.98. The first-order chi connectivity index (χ1) is 13.1. The number of aromatic nitrogens is 1. The molecule has 0 radical (unpaired) electrons. The van der Waals surface area contributed by atoms with E-state index in [9.17, 15) is 9.59 Å². The van der Waals surface area contributed by atoms with Crippen molar-refractivity contribution in [1.82, 2.24) is 14.8 Å². The van der Waals surface area contributed by atoms with E-state index >= 15 is 0 Å². The third-order valence-electron chi connectivity index (χ3n) is 6.08. The van der Waals surface area contributed by atoms with Crippen LogP contribution in [0.5, 0.6) is 0 Å². The second kappa shape index (κ2) is 7.35. The maximum Gasteiger partial charge on any atom is 0.253 e. The molecule has 2 saturated heterocycles. The summed E-state index contributed by atoms with van der Waals surface area (Å²) >= 11 is 0. The van der Waals surface area contributed by atoms with Gasteiger partial charge in [0.25, 0.3) is 5.91 Å². The standard InChI is InChI=1S/C21H27N3O3/c25-12-2-11-23-14-21(8-5-19(23)26)7-1-10-24(15-21)20(27)17-3-4-18-16(13-17)6-9-22-18/h3-4,6,9,13,22,25H,1-2,5,7-8,10-12,14-15H2/t21-/m0/s1. The number of likely N-dealkylation sites (tertiary alicyclic amines) is 2. The molecule has 1 aromatic carbocycles. The number of rotatable bonds is 4. The van der Waals surface area contributed by atoms with Gasteiger partial charge >= 0.3 is 0 Å². The molecule has 2 aliphatic heterocycles. The molecular formula is C21H27N3O3. The van der Waals surface area contributed by atoms with E-state index in [-0.39, 0.29) is 23.8 Å². The van der Waals surface area contributed by atoms with Crippen LogP contribution >= 0.6 is 0 Å². The number of aliphatic hydroxyl groups excluding tert-OH is 1. The third-order valence-corrected chi connectivity index (χ3v) is 6.08. The van der Waals surface area contributed by atoms with Crippen molar-refractivity contribution in [3.8, 4) is 0 Å². The van der Waals surface area contributed by atoms with Crippen LogP contribution in [0.1, 0.15) is 42.5 Å². The molecule has 0 saturated carbocycles. The van der Waals surface area contributed by atoms with Gasteiger partial charge in [0.15, 0.2) is 0 Å². The molecule has 0 bridgehead atoms. The maximum atomic E-state index is 13.1. The van der Waals surface area contributed by atoms with Gasteiger partial charge in [-0.1, -0.05) is 0 Å². The fraction of sp³-hybridized carbons (Fsp3) is 0.524. The molecule has 27 heavy (non-hydrogen) atoms. The van der Waals surface area contributed by atoms with E-state index in [1.165, 1.54) is 0 Å². The first-order valence-electron chi connectivity index (χ1n) is 9.85. The summed E-state index contributed by atoms with van der Waals surface area (Å²) < 4.78 is 0. The highest BCUT2D eigenvalue weighted by Crippen LogP contribution is 2.39. The van der Waals surface area contributed by atoms with Crippen LogP contribution in [0.4, 0.5) is 0 Å². The van der Waals surface area contributed by atoms with Crippen LogP contribution in [0.3, 0.4) is 0 Å². The van der Waals surface area contributed by atoms with Gasteiger partial charge in [0.1, 0.15) is 0 Å². The SMILES string of the molecule is O=C1CC[C@@]2(CCCN(C(=O)c3ccc4[nH]ccc4c3)C2)CN1CCCO. The molecule has 1 atom stereocenters. The summed E-state index contributed by atoms with van der Waals surface area (Å²) in [7, 11) is 0. The molecule has 2 fully saturated rings. The summed E-state index contributed by atoms with van der Waals surface area (Å²) in [5.41, 5.74) is 1.75. The van der Waals surface area contributed by atoms with E-state index in [0.717, 1.165) is 42.3 Å². The summed E-state index contributed by atoms with van der Waals surface area (Å²) in [6.07, 6.45) is 5.91. The zero-order chi connectivity index (χ0) is 18.9. The van der Waals surface area contributed by atoms with Crippen LogP contribution in [0.15, 0.2) is 30.5 Å². The van der Waals surface area contributed by atoms with E-state index in [0.29, 0.717) is 32.5 Å². The number of H-pyrrole nitrogens is 1. The number of benzene rings is 1. The number of carbonyl (C=O) groups excluding carboxylic acids is 2. The summed E-state index contributed by atoms with van der Waals surface area (Å²) in [6.45, 7) is 2.89. The van der Waals surface area contributed by atoms with Crippen LogP contribution in [-0.2, 0) is 4.79 Å². The molecule has 4 rings (SSSR count). The minimum atomic E-state index is -0.00450. The van der Waals surface area contributed by atoms with E-state index in [1.54, 1.807) is 0 Å². The number of nitrogens with zero attached hydrogens (tertiary/aromatic N) is 2. The molecule has 3 heterocycles. The fourth-order valence-corrected chi connectivity index (χ4v) is 4.65. The molecule has 2 aromatic rings. The van der Waals surface area contributed by atoms with E-state index < -0.39 is 0 Å². The van der Waals surface area contributed by atoms with E-state index in [2.05, 4.69) is 4.98 Å². The zero-order valence-electron chi connectivity index (χ0n) is 15.6. The van der Waals surface area contributed by atoms with E-state index in [1.807, 2.05) is 40.3 Å². The Bertz CT molecular complexity index is 846. The Morgan fingerprint density at radius 3 is 2.96 bits per heavy atom. The summed E-state index contributed by atoms with van der Waals surface area (Å²) in [5, 5.41) is 10.1. The second-order valence-corrected chi connectivity index (χ2v) is 8.00. The van der Waals surface area contributed by atoms with Crippen molar-refractivity contribution >= 4 is 22.7 Å². The number of aromatic amines is 1. The van der Waals surface area contributed by atoms with Crippen LogP contribution in [0.25, 0.3) is 10.9 Å². The lowest BCUT2D eigenvalue weighted by atomic mass is 9.73. The maximum absolute atomic E-state index is 13.1. The van der Waals surface area contributed by atoms with Crippen molar-refractivity contribution in [2.45, 2.75) is 32.1 Å². The Hall–Kier alpha value is -2.34. The molecule has 6 nitrogen and oxygen atoms in total. The topological polar surface area (TPSA) is 76.6 Å². The first-order valence-corrected chi connectivity index (χ1v) is 9.85. The van der Waals surface area contributed by atoms with Crippen molar-refractivity contribution in [3.05, 3.63) is 36.0 Å². The van der Waals surface area contributed by atoms with Gasteiger partial charge in [-0.25, -0.2) is 0 Å². The molecule has 1 spiro atoms. The van der Waals surface area contributed by atoms with Gasteiger partial charge in [-0.15, -0.1) is 0 Å². The van der Waals surface area contributed by atoms with Gasteiger partial charge in [-0.2, -0.15) is 0 Å². The Kier molecular flexibility index (Phi) is 4.91. The largest absolute Gasteiger partial charge is 0.396 e. The van der Waals surface area contributed by atoms with Gasteiger partial charge in [0.2, 0.25) is 5.91 Å². The number of aliphatic hydroxyl groups is 1. The lowest BCUT2D eigenvalue weighted by Crippen LogP contribution is -2.55. The van der Waals surface area contributed by atoms with Gasteiger partial charge in [0, 0.05) is 67.3 Å². The Morgan fingerprint density at radius 1 is 1.22 bits per heavy atom. The highest BCUT2D eigenvalue weighted by Gasteiger charge is 2.42. The Labute approximate surface area is 159 Å². The monoisotopic (exact) mass is 369 g/mol. The van der Waals surface area contributed by atoms with Crippen molar-refractivity contribution in [1.29, 1.82) is 0 Å². The van der Waals surface area contributed by atoms with Crippen molar-refractivity contribution in [2.75, 3.05) is 32.8 Å². The minimum absolute atomic E-state index is 0.00450. The molecule has 2 N–H and O–H groups in total. The van der Waals surface area contributed by atoms with Gasteiger partial charge in [-0.3, -0.25) is 9.59 Å². The third kappa shape index (κ3) is 3.58. The normalized spacial score (nSPS) is 23.4. The number of carbonyl (C=O) groups is 2. The lowest BCUT2D eigenvalue weighted by Gasteiger charge is -2.48. The Morgan fingerprint density at radius 2 is 2.11 bits per heavy atom. The van der Waals surface area contributed by atoms with Crippen molar-refractivity contribution in [3.63, 3.8) is 0 Å². The average Bonchev–Trinajstić information content (AvgIpc) is 3.16. The highest BCUT2D eigenvalue weighted by atomic mass is 16.3. The van der Waals surface area contributed by atoms with Crippen LogP contribution < -0.4 is 0 Å². The molecule has 2 aliphatic rings. The fourth-order valence-electron chi connectivity index (χ4n) is 4.65. The van der Waals surface area contributed by atoms with Crippen LogP contribution in [-0.4, -0.2) is 64.5 Å². The molecule has 1 aromatic heterocycles. The lowest BCUT2D eigenvalue weighted by molar-refractivity contribution is -0.139. The number of amides is 2.